The first-order valence-electron chi connectivity index (χ1n) is 6.36. The minimum atomic E-state index is -3.07. The topological polar surface area (TPSA) is 71.5 Å². The van der Waals surface area contributed by atoms with Gasteiger partial charge in [-0.15, -0.1) is 0 Å². The quantitative estimate of drug-likeness (QED) is 0.845. The van der Waals surface area contributed by atoms with Gasteiger partial charge in [0.1, 0.15) is 12.4 Å². The number of pyridine rings is 1. The Labute approximate surface area is 120 Å². The Morgan fingerprint density at radius 1 is 1.43 bits per heavy atom. The summed E-state index contributed by atoms with van der Waals surface area (Å²) in [6.07, 6.45) is 1.32. The van der Waals surface area contributed by atoms with Gasteiger partial charge in [0.05, 0.1) is 13.2 Å². The molecule has 1 fully saturated rings. The molecule has 2 heterocycles. The van der Waals surface area contributed by atoms with Crippen LogP contribution in [0, 0.1) is 0 Å². The molecule has 1 aromatic rings. The molecule has 1 saturated heterocycles. The molecule has 0 radical (unpaired) electrons. The maximum absolute atomic E-state index is 13.4. The molecule has 0 aliphatic carbocycles. The zero-order chi connectivity index (χ0) is 15.5. The van der Waals surface area contributed by atoms with Crippen LogP contribution in [0.3, 0.4) is 0 Å². The number of anilines is 1. The number of carbonyl (C=O) groups excluding carboxylic acids is 2. The molecule has 0 spiro atoms. The van der Waals surface area contributed by atoms with Crippen molar-refractivity contribution in [3.8, 4) is 0 Å². The number of amides is 2. The average molecular weight is 299 g/mol. The van der Waals surface area contributed by atoms with Gasteiger partial charge in [0.15, 0.2) is 5.78 Å². The Balaban J connectivity index is 2.01. The van der Waals surface area contributed by atoms with E-state index in [1.54, 1.807) is 0 Å². The molecule has 6 nitrogen and oxygen atoms in total. The Morgan fingerprint density at radius 2 is 2.19 bits per heavy atom. The molecule has 1 aromatic heterocycles. The summed E-state index contributed by atoms with van der Waals surface area (Å²) in [5.74, 6) is -3.03. The van der Waals surface area contributed by atoms with Crippen LogP contribution >= 0.6 is 0 Å². The summed E-state index contributed by atoms with van der Waals surface area (Å²) < 4.78 is 31.5. The number of hydrogen-bond acceptors (Lipinski definition) is 4. The van der Waals surface area contributed by atoms with E-state index in [2.05, 4.69) is 10.3 Å². The second-order valence-electron chi connectivity index (χ2n) is 4.75. The number of urea groups is 1. The van der Waals surface area contributed by atoms with Gasteiger partial charge in [-0.05, 0) is 19.1 Å². The highest BCUT2D eigenvalue weighted by Crippen LogP contribution is 2.19. The number of hydrogen-bond donors (Lipinski definition) is 1. The van der Waals surface area contributed by atoms with Crippen LogP contribution in [-0.4, -0.2) is 53.9 Å². The number of halogens is 2. The molecule has 8 heteroatoms. The summed E-state index contributed by atoms with van der Waals surface area (Å²) in [5.41, 5.74) is 0.405. The monoisotopic (exact) mass is 299 g/mol. The van der Waals surface area contributed by atoms with E-state index in [0.29, 0.717) is 5.56 Å². The van der Waals surface area contributed by atoms with Gasteiger partial charge in [0.2, 0.25) is 0 Å². The number of ether oxygens (including phenoxy) is 1. The van der Waals surface area contributed by atoms with Crippen molar-refractivity contribution in [1.82, 2.24) is 9.88 Å². The van der Waals surface area contributed by atoms with Crippen molar-refractivity contribution in [3.63, 3.8) is 0 Å². The van der Waals surface area contributed by atoms with Crippen molar-refractivity contribution >= 4 is 17.6 Å². The summed E-state index contributed by atoms with van der Waals surface area (Å²) in [7, 11) is 0. The Hall–Kier alpha value is -2.09. The van der Waals surface area contributed by atoms with E-state index in [9.17, 15) is 18.4 Å². The average Bonchev–Trinajstić information content (AvgIpc) is 2.60. The van der Waals surface area contributed by atoms with Gasteiger partial charge in [-0.2, -0.15) is 0 Å². The van der Waals surface area contributed by atoms with E-state index in [4.69, 9.17) is 4.74 Å². The van der Waals surface area contributed by atoms with E-state index in [1.165, 1.54) is 25.3 Å². The van der Waals surface area contributed by atoms with Crippen molar-refractivity contribution in [1.29, 1.82) is 0 Å². The van der Waals surface area contributed by atoms with Gasteiger partial charge in [0, 0.05) is 18.3 Å². The van der Waals surface area contributed by atoms with Crippen LogP contribution in [0.25, 0.3) is 0 Å². The predicted molar refractivity (Wildman–Crippen MR) is 70.6 cm³/mol. The number of nitrogens with one attached hydrogen (secondary N) is 1. The van der Waals surface area contributed by atoms with E-state index in [-0.39, 0.29) is 24.8 Å². The standard InChI is InChI=1S/C13H15F2N3O3/c1-9(19)10-2-3-11(16-6-10)17-12(20)18-4-5-21-8-13(14,15)7-18/h2-3,6H,4-5,7-8H2,1H3,(H,16,17,20). The molecular weight excluding hydrogens is 284 g/mol. The van der Waals surface area contributed by atoms with Crippen LogP contribution in [-0.2, 0) is 4.74 Å². The summed E-state index contributed by atoms with van der Waals surface area (Å²) in [6.45, 7) is 0.133. The lowest BCUT2D eigenvalue weighted by molar-refractivity contribution is -0.0648. The SMILES string of the molecule is CC(=O)c1ccc(NC(=O)N2CCOCC(F)(F)C2)nc1. The lowest BCUT2D eigenvalue weighted by Gasteiger charge is -2.23. The van der Waals surface area contributed by atoms with Crippen LogP contribution in [0.1, 0.15) is 17.3 Å². The third-order valence-electron chi connectivity index (χ3n) is 2.93. The first-order chi connectivity index (χ1) is 9.87. The third kappa shape index (κ3) is 4.19. The van der Waals surface area contributed by atoms with Crippen molar-refractivity contribution in [2.75, 3.05) is 31.6 Å². The van der Waals surface area contributed by atoms with E-state index in [0.717, 1.165) is 4.90 Å². The number of alkyl halides is 2. The Bertz CT molecular complexity index is 534. The first-order valence-corrected chi connectivity index (χ1v) is 6.36. The third-order valence-corrected chi connectivity index (χ3v) is 2.93. The molecule has 1 aliphatic rings. The zero-order valence-electron chi connectivity index (χ0n) is 11.4. The van der Waals surface area contributed by atoms with Crippen LogP contribution in [0.5, 0.6) is 0 Å². The molecule has 1 aliphatic heterocycles. The van der Waals surface area contributed by atoms with Crippen molar-refractivity contribution in [2.24, 2.45) is 0 Å². The molecule has 0 aromatic carbocycles. The highest BCUT2D eigenvalue weighted by atomic mass is 19.3. The molecule has 21 heavy (non-hydrogen) atoms. The van der Waals surface area contributed by atoms with Gasteiger partial charge in [0.25, 0.3) is 5.92 Å². The number of nitrogens with zero attached hydrogens (tertiary/aromatic N) is 2. The Morgan fingerprint density at radius 3 is 2.81 bits per heavy atom. The fourth-order valence-corrected chi connectivity index (χ4v) is 1.84. The maximum Gasteiger partial charge on any atom is 0.323 e. The fourth-order valence-electron chi connectivity index (χ4n) is 1.84. The molecule has 0 saturated carbocycles. The molecule has 2 amide bonds. The molecule has 0 bridgehead atoms. The van der Waals surface area contributed by atoms with Crippen LogP contribution in [0.4, 0.5) is 19.4 Å². The Kier molecular flexibility index (Phi) is 4.46. The number of carbonyl (C=O) groups is 2. The van der Waals surface area contributed by atoms with Crippen molar-refractivity contribution < 1.29 is 23.1 Å². The van der Waals surface area contributed by atoms with Gasteiger partial charge in [-0.25, -0.2) is 18.6 Å². The van der Waals surface area contributed by atoms with E-state index >= 15 is 0 Å². The largest absolute Gasteiger partial charge is 0.373 e. The molecule has 114 valence electrons. The molecular formula is C13H15F2N3O3. The second kappa shape index (κ2) is 6.13. The number of Topliss-reactive ketones (excluding diaryl/α,β-unsaturated/α-hetero) is 1. The predicted octanol–water partition coefficient (Wildman–Crippen LogP) is 1.78. The lowest BCUT2D eigenvalue weighted by atomic mass is 10.2. The molecule has 0 unspecified atom stereocenters. The van der Waals surface area contributed by atoms with Crippen molar-refractivity contribution in [2.45, 2.75) is 12.8 Å². The maximum atomic E-state index is 13.4. The second-order valence-corrected chi connectivity index (χ2v) is 4.75. The zero-order valence-corrected chi connectivity index (χ0v) is 11.4. The number of rotatable bonds is 2. The minimum Gasteiger partial charge on any atom is -0.373 e. The summed E-state index contributed by atoms with van der Waals surface area (Å²) in [4.78, 5) is 27.9. The molecule has 0 atom stereocenters. The summed E-state index contributed by atoms with van der Waals surface area (Å²) in [6, 6.07) is 2.27. The first kappa shape index (κ1) is 15.3. The highest BCUT2D eigenvalue weighted by Gasteiger charge is 2.36. The van der Waals surface area contributed by atoms with Crippen LogP contribution in [0.15, 0.2) is 18.3 Å². The fraction of sp³-hybridized carbons (Fsp3) is 0.462. The van der Waals surface area contributed by atoms with Gasteiger partial charge >= 0.3 is 6.03 Å². The highest BCUT2D eigenvalue weighted by molar-refractivity contribution is 5.94. The summed E-state index contributed by atoms with van der Waals surface area (Å²) >= 11 is 0. The van der Waals surface area contributed by atoms with E-state index < -0.39 is 25.1 Å². The van der Waals surface area contributed by atoms with Crippen LogP contribution < -0.4 is 5.32 Å². The van der Waals surface area contributed by atoms with Gasteiger partial charge < -0.3 is 9.64 Å². The van der Waals surface area contributed by atoms with Gasteiger partial charge in [-0.3, -0.25) is 10.1 Å². The van der Waals surface area contributed by atoms with Crippen LogP contribution in [0.2, 0.25) is 0 Å². The molecule has 1 N–H and O–H groups in total. The van der Waals surface area contributed by atoms with E-state index in [1.807, 2.05) is 0 Å². The smallest absolute Gasteiger partial charge is 0.323 e. The lowest BCUT2D eigenvalue weighted by Crippen LogP contribution is -2.43. The molecule has 2 rings (SSSR count). The normalized spacial score (nSPS) is 18.0. The summed E-state index contributed by atoms with van der Waals surface area (Å²) in [5, 5.41) is 2.42. The van der Waals surface area contributed by atoms with Gasteiger partial charge in [-0.1, -0.05) is 0 Å². The number of ketones is 1. The van der Waals surface area contributed by atoms with Crippen molar-refractivity contribution in [3.05, 3.63) is 23.9 Å². The number of aromatic nitrogens is 1. The minimum absolute atomic E-state index is 0.0553.